The average molecular weight is 375 g/mol. The monoisotopic (exact) mass is 374 g/mol. The molecule has 4 nitrogen and oxygen atoms in total. The van der Waals surface area contributed by atoms with E-state index in [-0.39, 0.29) is 5.56 Å². The first-order chi connectivity index (χ1) is 13.1. The maximum absolute atomic E-state index is 11.7. The Balaban J connectivity index is 1.83. The first-order valence-corrected chi connectivity index (χ1v) is 8.74. The molecule has 0 fully saturated rings. The molecule has 1 heterocycles. The molecule has 0 bridgehead atoms. The van der Waals surface area contributed by atoms with Gasteiger partial charge in [0.05, 0.1) is 17.6 Å². The van der Waals surface area contributed by atoms with E-state index in [0.29, 0.717) is 16.4 Å². The van der Waals surface area contributed by atoms with Crippen molar-refractivity contribution in [2.75, 3.05) is 0 Å². The van der Waals surface area contributed by atoms with Crippen molar-refractivity contribution in [1.82, 2.24) is 9.78 Å². The molecule has 0 saturated heterocycles. The number of aromatic carboxylic acids is 1. The van der Waals surface area contributed by atoms with Gasteiger partial charge in [0.2, 0.25) is 0 Å². The Hall–Kier alpha value is -3.37. The van der Waals surface area contributed by atoms with Crippen molar-refractivity contribution in [3.8, 4) is 28.1 Å². The largest absolute Gasteiger partial charge is 0.478 e. The molecule has 5 heteroatoms. The molecule has 27 heavy (non-hydrogen) atoms. The van der Waals surface area contributed by atoms with Gasteiger partial charge in [-0.3, -0.25) is 0 Å². The van der Waals surface area contributed by atoms with Crippen molar-refractivity contribution in [3.63, 3.8) is 0 Å². The summed E-state index contributed by atoms with van der Waals surface area (Å²) < 4.78 is 1.60. The van der Waals surface area contributed by atoms with E-state index in [4.69, 9.17) is 11.6 Å². The molecule has 0 aliphatic carbocycles. The van der Waals surface area contributed by atoms with Gasteiger partial charge in [0.15, 0.2) is 0 Å². The second-order valence-corrected chi connectivity index (χ2v) is 6.48. The van der Waals surface area contributed by atoms with E-state index in [0.717, 1.165) is 16.7 Å². The summed E-state index contributed by atoms with van der Waals surface area (Å²) in [4.78, 5) is 11.7. The van der Waals surface area contributed by atoms with Gasteiger partial charge in [-0.1, -0.05) is 72.3 Å². The minimum absolute atomic E-state index is 0.141. The molecule has 0 radical (unpaired) electrons. The molecule has 0 atom stereocenters. The highest BCUT2D eigenvalue weighted by Crippen LogP contribution is 2.30. The number of carbonyl (C=O) groups is 1. The summed E-state index contributed by atoms with van der Waals surface area (Å²) in [5, 5.41) is 14.4. The van der Waals surface area contributed by atoms with E-state index >= 15 is 0 Å². The first kappa shape index (κ1) is 17.1. The zero-order valence-corrected chi connectivity index (χ0v) is 15.0. The Bertz CT molecular complexity index is 1100. The Morgan fingerprint density at radius 3 is 2.19 bits per heavy atom. The number of hydrogen-bond donors (Lipinski definition) is 1. The zero-order valence-electron chi connectivity index (χ0n) is 14.2. The van der Waals surface area contributed by atoms with Gasteiger partial charge in [0.1, 0.15) is 5.56 Å². The smallest absolute Gasteiger partial charge is 0.339 e. The van der Waals surface area contributed by atoms with Crippen LogP contribution in [0.5, 0.6) is 0 Å². The molecule has 0 amide bonds. The lowest BCUT2D eigenvalue weighted by molar-refractivity contribution is 0.0697. The van der Waals surface area contributed by atoms with Crippen LogP contribution in [0.3, 0.4) is 0 Å². The summed E-state index contributed by atoms with van der Waals surface area (Å²) >= 11 is 6.09. The van der Waals surface area contributed by atoms with Crippen LogP contribution < -0.4 is 0 Å². The predicted molar refractivity (Wildman–Crippen MR) is 106 cm³/mol. The second-order valence-electron chi connectivity index (χ2n) is 6.05. The maximum Gasteiger partial charge on any atom is 0.339 e. The zero-order chi connectivity index (χ0) is 18.8. The molecule has 4 aromatic rings. The predicted octanol–water partition coefficient (Wildman–Crippen LogP) is 5.56. The third-order valence-corrected chi connectivity index (χ3v) is 4.55. The standard InChI is InChI=1S/C22H15ClN2O2/c23-18-7-4-8-19(13-18)25-21(20(14-24-25)22(26)27)17-11-9-16(10-12-17)15-5-2-1-3-6-15/h1-14H,(H,26,27). The summed E-state index contributed by atoms with van der Waals surface area (Å²) in [6.45, 7) is 0. The quantitative estimate of drug-likeness (QED) is 0.509. The molecular weight excluding hydrogens is 360 g/mol. The molecule has 0 aliphatic rings. The number of aromatic nitrogens is 2. The third kappa shape index (κ3) is 3.35. The molecule has 0 unspecified atom stereocenters. The van der Waals surface area contributed by atoms with Crippen LogP contribution in [0.4, 0.5) is 0 Å². The van der Waals surface area contributed by atoms with Crippen LogP contribution in [0.25, 0.3) is 28.1 Å². The number of carboxylic acids is 1. The molecule has 3 aromatic carbocycles. The fraction of sp³-hybridized carbons (Fsp3) is 0. The lowest BCUT2D eigenvalue weighted by Gasteiger charge is -2.10. The van der Waals surface area contributed by atoms with Gasteiger partial charge in [-0.2, -0.15) is 5.10 Å². The SMILES string of the molecule is O=C(O)c1cnn(-c2cccc(Cl)c2)c1-c1ccc(-c2ccccc2)cc1. The Morgan fingerprint density at radius 2 is 1.52 bits per heavy atom. The van der Waals surface area contributed by atoms with Gasteiger partial charge in [-0.05, 0) is 29.3 Å². The maximum atomic E-state index is 11.7. The highest BCUT2D eigenvalue weighted by atomic mass is 35.5. The normalized spacial score (nSPS) is 10.7. The average Bonchev–Trinajstić information content (AvgIpc) is 3.14. The van der Waals surface area contributed by atoms with Crippen LogP contribution in [-0.4, -0.2) is 20.9 Å². The Labute approximate surface area is 161 Å². The number of rotatable bonds is 4. The highest BCUT2D eigenvalue weighted by Gasteiger charge is 2.19. The Kier molecular flexibility index (Phi) is 4.48. The van der Waals surface area contributed by atoms with E-state index in [2.05, 4.69) is 5.10 Å². The number of carboxylic acid groups (broad SMARTS) is 1. The van der Waals surface area contributed by atoms with Crippen molar-refractivity contribution in [3.05, 3.63) is 95.6 Å². The Morgan fingerprint density at radius 1 is 0.852 bits per heavy atom. The number of hydrogen-bond acceptors (Lipinski definition) is 2. The van der Waals surface area contributed by atoms with Crippen LogP contribution in [0.2, 0.25) is 5.02 Å². The summed E-state index contributed by atoms with van der Waals surface area (Å²) in [6.07, 6.45) is 1.36. The van der Waals surface area contributed by atoms with Crippen molar-refractivity contribution in [2.24, 2.45) is 0 Å². The van der Waals surface area contributed by atoms with Gasteiger partial charge < -0.3 is 5.11 Å². The number of halogens is 1. The number of benzene rings is 3. The van der Waals surface area contributed by atoms with Crippen LogP contribution >= 0.6 is 11.6 Å². The minimum atomic E-state index is -1.02. The molecule has 0 saturated carbocycles. The van der Waals surface area contributed by atoms with Gasteiger partial charge in [-0.15, -0.1) is 0 Å². The molecule has 1 aromatic heterocycles. The van der Waals surface area contributed by atoms with Crippen molar-refractivity contribution < 1.29 is 9.90 Å². The van der Waals surface area contributed by atoms with Crippen LogP contribution in [-0.2, 0) is 0 Å². The van der Waals surface area contributed by atoms with Gasteiger partial charge in [0, 0.05) is 10.6 Å². The van der Waals surface area contributed by atoms with E-state index in [1.165, 1.54) is 6.20 Å². The van der Waals surface area contributed by atoms with Crippen LogP contribution in [0.1, 0.15) is 10.4 Å². The van der Waals surface area contributed by atoms with Gasteiger partial charge in [0.25, 0.3) is 0 Å². The minimum Gasteiger partial charge on any atom is -0.478 e. The highest BCUT2D eigenvalue weighted by molar-refractivity contribution is 6.30. The molecule has 0 spiro atoms. The first-order valence-electron chi connectivity index (χ1n) is 8.36. The van der Waals surface area contributed by atoms with E-state index in [1.54, 1.807) is 16.8 Å². The molecule has 132 valence electrons. The van der Waals surface area contributed by atoms with Crippen LogP contribution in [0, 0.1) is 0 Å². The molecule has 4 rings (SSSR count). The topological polar surface area (TPSA) is 55.1 Å². The molecular formula is C22H15ClN2O2. The van der Waals surface area contributed by atoms with E-state index in [1.807, 2.05) is 66.7 Å². The van der Waals surface area contributed by atoms with Crippen molar-refractivity contribution >= 4 is 17.6 Å². The lowest BCUT2D eigenvalue weighted by atomic mass is 10.0. The van der Waals surface area contributed by atoms with Crippen molar-refractivity contribution in [1.29, 1.82) is 0 Å². The lowest BCUT2D eigenvalue weighted by Crippen LogP contribution is -2.03. The van der Waals surface area contributed by atoms with Gasteiger partial charge in [-0.25, -0.2) is 9.48 Å². The summed E-state index contributed by atoms with van der Waals surface area (Å²) in [5.74, 6) is -1.02. The summed E-state index contributed by atoms with van der Waals surface area (Å²) in [5.41, 5.74) is 4.30. The second kappa shape index (κ2) is 7.09. The fourth-order valence-electron chi connectivity index (χ4n) is 3.04. The van der Waals surface area contributed by atoms with E-state index in [9.17, 15) is 9.90 Å². The molecule has 0 aliphatic heterocycles. The van der Waals surface area contributed by atoms with Crippen LogP contribution in [0.15, 0.2) is 85.1 Å². The summed E-state index contributed by atoms with van der Waals surface area (Å²) in [6, 6.07) is 25.0. The van der Waals surface area contributed by atoms with Crippen molar-refractivity contribution in [2.45, 2.75) is 0 Å². The molecule has 1 N–H and O–H groups in total. The van der Waals surface area contributed by atoms with Gasteiger partial charge >= 0.3 is 5.97 Å². The summed E-state index contributed by atoms with van der Waals surface area (Å²) in [7, 11) is 0. The van der Waals surface area contributed by atoms with E-state index < -0.39 is 5.97 Å². The fourth-order valence-corrected chi connectivity index (χ4v) is 3.22. The number of nitrogens with zero attached hydrogens (tertiary/aromatic N) is 2. The third-order valence-electron chi connectivity index (χ3n) is 4.32.